The molecule has 1 saturated carbocycles. The van der Waals surface area contributed by atoms with E-state index in [1.807, 2.05) is 0 Å². The van der Waals surface area contributed by atoms with Crippen molar-refractivity contribution in [2.75, 3.05) is 13.1 Å². The molecule has 4 atom stereocenters. The summed E-state index contributed by atoms with van der Waals surface area (Å²) in [5.74, 6) is -5.13. The third kappa shape index (κ3) is 4.60. The van der Waals surface area contributed by atoms with Gasteiger partial charge < -0.3 is 10.0 Å². The quantitative estimate of drug-likeness (QED) is 0.336. The minimum Gasteiger partial charge on any atom is -0.481 e. The van der Waals surface area contributed by atoms with E-state index in [0.717, 1.165) is 30.3 Å². The third-order valence-corrected chi connectivity index (χ3v) is 11.7. The lowest BCUT2D eigenvalue weighted by Gasteiger charge is -2.43. The molecule has 2 aliphatic carbocycles. The van der Waals surface area contributed by atoms with Gasteiger partial charge in [-0.1, -0.05) is 18.2 Å². The number of sulfone groups is 1. The Hall–Kier alpha value is -3.23. The molecular weight excluding hydrogens is 614 g/mol. The Bertz CT molecular complexity index is 1540. The van der Waals surface area contributed by atoms with E-state index in [-0.39, 0.29) is 67.3 Å². The average molecular weight is 640 g/mol. The van der Waals surface area contributed by atoms with Gasteiger partial charge in [0.1, 0.15) is 10.6 Å². The van der Waals surface area contributed by atoms with E-state index in [1.54, 1.807) is 0 Å². The van der Waals surface area contributed by atoms with Crippen LogP contribution in [0.2, 0.25) is 0 Å². The number of carbonyl (C=O) groups excluding carboxylic acids is 1. The Labute approximate surface area is 240 Å². The van der Waals surface area contributed by atoms with Crippen LogP contribution in [0, 0.1) is 23.6 Å². The second-order valence-corrected chi connectivity index (χ2v) is 13.5. The standard InChI is InChI=1S/C28H25F8NO5S/c29-18-3-5-19(6-4-18)43(41,42)25-11-9-20(23(38)37-12-10-16(14-37)24(39)40)22(25)7-1-15-13-17(2-8-21(15)25)26(30,27(31,32)33)28(34,35)36/h2-6,8,13,16,20,22H,1,7,9-12,14H2,(H,39,40)/t16?,20-,22+,25-/m1/s1. The first kappa shape index (κ1) is 31.2. The molecule has 3 aliphatic rings. The van der Waals surface area contributed by atoms with E-state index < -0.39 is 73.6 Å². The number of carboxylic acids is 1. The highest BCUT2D eigenvalue weighted by molar-refractivity contribution is 7.92. The fourth-order valence-corrected chi connectivity index (χ4v) is 9.54. The Morgan fingerprint density at radius 2 is 1.53 bits per heavy atom. The van der Waals surface area contributed by atoms with Crippen LogP contribution in [0.25, 0.3) is 0 Å². The zero-order chi connectivity index (χ0) is 31.8. The molecule has 0 aromatic heterocycles. The number of carboxylic acid groups (broad SMARTS) is 1. The summed E-state index contributed by atoms with van der Waals surface area (Å²) < 4.78 is 136. The molecule has 5 rings (SSSR count). The number of fused-ring (bicyclic) bond motifs is 3. The number of hydrogen-bond acceptors (Lipinski definition) is 4. The van der Waals surface area contributed by atoms with E-state index in [1.165, 1.54) is 4.90 Å². The summed E-state index contributed by atoms with van der Waals surface area (Å²) in [6, 6.07) is 5.14. The molecule has 1 heterocycles. The van der Waals surface area contributed by atoms with Gasteiger partial charge in [-0.05, 0) is 73.4 Å². The molecule has 6 nitrogen and oxygen atoms in total. The van der Waals surface area contributed by atoms with Gasteiger partial charge >= 0.3 is 24.0 Å². The van der Waals surface area contributed by atoms with Crippen LogP contribution in [0.3, 0.4) is 0 Å². The first-order valence-corrected chi connectivity index (χ1v) is 14.8. The zero-order valence-electron chi connectivity index (χ0n) is 22.2. The van der Waals surface area contributed by atoms with Crippen LogP contribution in [0.15, 0.2) is 47.4 Å². The number of alkyl halides is 7. The van der Waals surface area contributed by atoms with Crippen molar-refractivity contribution in [3.63, 3.8) is 0 Å². The van der Waals surface area contributed by atoms with E-state index >= 15 is 0 Å². The van der Waals surface area contributed by atoms with E-state index in [9.17, 15) is 58.2 Å². The predicted molar refractivity (Wildman–Crippen MR) is 133 cm³/mol. The lowest BCUT2D eigenvalue weighted by atomic mass is 9.72. The summed E-state index contributed by atoms with van der Waals surface area (Å²) in [6.07, 6.45) is -13.2. The Kier molecular flexibility index (Phi) is 7.37. The topological polar surface area (TPSA) is 91.8 Å². The van der Waals surface area contributed by atoms with Crippen molar-refractivity contribution in [1.29, 1.82) is 0 Å². The number of aryl methyl sites for hydroxylation is 1. The van der Waals surface area contributed by atoms with Crippen LogP contribution < -0.4 is 0 Å². The molecule has 15 heteroatoms. The van der Waals surface area contributed by atoms with Crippen molar-refractivity contribution in [3.8, 4) is 0 Å². The van der Waals surface area contributed by atoms with Gasteiger partial charge in [0, 0.05) is 24.6 Å². The fourth-order valence-electron chi connectivity index (χ4n) is 7.07. The summed E-state index contributed by atoms with van der Waals surface area (Å²) in [4.78, 5) is 26.0. The largest absolute Gasteiger partial charge is 0.481 e. The molecule has 1 amide bonds. The first-order valence-electron chi connectivity index (χ1n) is 13.3. The van der Waals surface area contributed by atoms with Crippen LogP contribution in [-0.4, -0.2) is 55.7 Å². The maximum Gasteiger partial charge on any atom is 0.435 e. The highest BCUT2D eigenvalue weighted by atomic mass is 32.2. The van der Waals surface area contributed by atoms with Crippen LogP contribution in [0.4, 0.5) is 35.1 Å². The number of hydrogen-bond donors (Lipinski definition) is 1. The SMILES string of the molecule is O=C(O)C1CCN(C(=O)[C@@H]2CC[C@@]3(S(=O)(=O)c4ccc(F)cc4)c4ccc(C(F)(C(F)(F)F)C(F)(F)F)cc4CC[C@@H]23)C1. The minimum atomic E-state index is -6.37. The van der Waals surface area contributed by atoms with Crippen molar-refractivity contribution in [2.24, 2.45) is 17.8 Å². The van der Waals surface area contributed by atoms with Gasteiger partial charge in [0.2, 0.25) is 5.91 Å². The van der Waals surface area contributed by atoms with Crippen molar-refractivity contribution >= 4 is 21.7 Å². The Balaban J connectivity index is 1.65. The van der Waals surface area contributed by atoms with Gasteiger partial charge in [-0.15, -0.1) is 0 Å². The predicted octanol–water partition coefficient (Wildman–Crippen LogP) is 5.69. The highest BCUT2D eigenvalue weighted by Crippen LogP contribution is 2.61. The van der Waals surface area contributed by atoms with Gasteiger partial charge in [0.25, 0.3) is 0 Å². The molecule has 43 heavy (non-hydrogen) atoms. The number of nitrogens with zero attached hydrogens (tertiary/aromatic N) is 1. The summed E-state index contributed by atoms with van der Waals surface area (Å²) in [5.41, 5.74) is -7.86. The number of halogens is 8. The molecule has 2 aromatic rings. The second kappa shape index (κ2) is 10.2. The number of amides is 1. The van der Waals surface area contributed by atoms with Crippen molar-refractivity contribution in [2.45, 2.75) is 59.8 Å². The lowest BCUT2D eigenvalue weighted by Crippen LogP contribution is -2.51. The zero-order valence-corrected chi connectivity index (χ0v) is 23.0. The number of rotatable bonds is 5. The Morgan fingerprint density at radius 3 is 2.09 bits per heavy atom. The molecular formula is C28H25F8NO5S. The maximum absolute atomic E-state index is 14.9. The minimum absolute atomic E-state index is 0.0303. The summed E-state index contributed by atoms with van der Waals surface area (Å²) in [5, 5.41) is 9.34. The van der Waals surface area contributed by atoms with Crippen LogP contribution in [-0.2, 0) is 36.3 Å². The van der Waals surface area contributed by atoms with Gasteiger partial charge in [-0.25, -0.2) is 17.2 Å². The maximum atomic E-state index is 14.9. The second-order valence-electron chi connectivity index (χ2n) is 11.3. The first-order chi connectivity index (χ1) is 19.9. The molecule has 1 saturated heterocycles. The fraction of sp³-hybridized carbons (Fsp3) is 0.500. The van der Waals surface area contributed by atoms with Gasteiger partial charge in [0.05, 0.1) is 10.8 Å². The van der Waals surface area contributed by atoms with E-state index in [0.29, 0.717) is 6.07 Å². The molecule has 0 radical (unpaired) electrons. The highest BCUT2D eigenvalue weighted by Gasteiger charge is 2.74. The van der Waals surface area contributed by atoms with Crippen LogP contribution in [0.5, 0.6) is 0 Å². The summed E-state index contributed by atoms with van der Waals surface area (Å²) in [6.45, 7) is 0.0205. The number of aliphatic carboxylic acids is 1. The van der Waals surface area contributed by atoms with E-state index in [2.05, 4.69) is 0 Å². The summed E-state index contributed by atoms with van der Waals surface area (Å²) >= 11 is 0. The van der Waals surface area contributed by atoms with Crippen molar-refractivity contribution in [3.05, 3.63) is 65.0 Å². The molecule has 1 aliphatic heterocycles. The lowest BCUT2D eigenvalue weighted by molar-refractivity contribution is -0.348. The van der Waals surface area contributed by atoms with E-state index in [4.69, 9.17) is 0 Å². The molecule has 1 N–H and O–H groups in total. The molecule has 2 aromatic carbocycles. The molecule has 1 unspecified atom stereocenters. The van der Waals surface area contributed by atoms with Crippen LogP contribution in [0.1, 0.15) is 42.4 Å². The molecule has 2 fully saturated rings. The van der Waals surface area contributed by atoms with Gasteiger partial charge in [-0.2, -0.15) is 26.3 Å². The number of likely N-dealkylation sites (tertiary alicyclic amines) is 1. The average Bonchev–Trinajstić information content (AvgIpc) is 3.58. The molecule has 234 valence electrons. The summed E-state index contributed by atoms with van der Waals surface area (Å²) in [7, 11) is -4.58. The molecule has 0 spiro atoms. The molecule has 0 bridgehead atoms. The normalized spacial score (nSPS) is 26.2. The number of benzene rings is 2. The smallest absolute Gasteiger partial charge is 0.435 e. The van der Waals surface area contributed by atoms with Crippen LogP contribution >= 0.6 is 0 Å². The van der Waals surface area contributed by atoms with Gasteiger partial charge in [-0.3, -0.25) is 9.59 Å². The van der Waals surface area contributed by atoms with Crippen molar-refractivity contribution in [1.82, 2.24) is 4.90 Å². The third-order valence-electron chi connectivity index (χ3n) is 9.15. The Morgan fingerprint density at radius 1 is 0.907 bits per heavy atom. The number of carbonyl (C=O) groups is 2. The van der Waals surface area contributed by atoms with Gasteiger partial charge in [0.15, 0.2) is 9.84 Å². The van der Waals surface area contributed by atoms with Crippen molar-refractivity contribution < 1.29 is 58.2 Å². The monoisotopic (exact) mass is 639 g/mol.